The van der Waals surface area contributed by atoms with Crippen LogP contribution in [0.15, 0.2) is 18.2 Å². The molecule has 0 fully saturated rings. The van der Waals surface area contributed by atoms with Crippen molar-refractivity contribution in [3.05, 3.63) is 50.5 Å². The van der Waals surface area contributed by atoms with Crippen LogP contribution in [0.4, 0.5) is 0 Å². The third-order valence-corrected chi connectivity index (χ3v) is 5.14. The quantitative estimate of drug-likeness (QED) is 0.942. The summed E-state index contributed by atoms with van der Waals surface area (Å²) in [4.78, 5) is 18.8. The summed E-state index contributed by atoms with van der Waals surface area (Å²) in [6.07, 6.45) is 1.72. The van der Waals surface area contributed by atoms with Crippen molar-refractivity contribution in [2.24, 2.45) is 0 Å². The number of hydrogen-bond acceptors (Lipinski definition) is 4. The molecular formula is C17H20N2O2S. The number of fused-ring (bicyclic) bond motifs is 1. The predicted octanol–water partition coefficient (Wildman–Crippen LogP) is 2.79. The first-order valence-corrected chi connectivity index (χ1v) is 8.30. The van der Waals surface area contributed by atoms with Gasteiger partial charge in [-0.25, -0.2) is 4.98 Å². The SMILES string of the molecule is Cc1ccc(C)c(Cc2nc3c(s2)CN(CC(=O)O)CC3)c1. The van der Waals surface area contributed by atoms with Crippen molar-refractivity contribution in [3.8, 4) is 0 Å². The summed E-state index contributed by atoms with van der Waals surface area (Å²) in [5.41, 5.74) is 5.06. The van der Waals surface area contributed by atoms with Gasteiger partial charge in [0, 0.05) is 30.8 Å². The first-order valence-electron chi connectivity index (χ1n) is 7.49. The number of nitrogens with zero attached hydrogens (tertiary/aromatic N) is 2. The number of hydrogen-bond donors (Lipinski definition) is 1. The predicted molar refractivity (Wildman–Crippen MR) is 87.5 cm³/mol. The van der Waals surface area contributed by atoms with Crippen molar-refractivity contribution in [2.45, 2.75) is 33.2 Å². The molecule has 116 valence electrons. The minimum atomic E-state index is -0.761. The lowest BCUT2D eigenvalue weighted by Gasteiger charge is -2.23. The van der Waals surface area contributed by atoms with E-state index in [2.05, 4.69) is 32.0 Å². The second-order valence-corrected chi connectivity index (χ2v) is 7.11. The van der Waals surface area contributed by atoms with E-state index in [9.17, 15) is 4.79 Å². The highest BCUT2D eigenvalue weighted by atomic mass is 32.1. The van der Waals surface area contributed by atoms with Gasteiger partial charge in [0.1, 0.15) is 0 Å². The molecule has 1 N–H and O–H groups in total. The molecule has 5 heteroatoms. The lowest BCUT2D eigenvalue weighted by molar-refractivity contribution is -0.138. The summed E-state index contributed by atoms with van der Waals surface area (Å²) in [6, 6.07) is 6.52. The van der Waals surface area contributed by atoms with E-state index in [4.69, 9.17) is 10.1 Å². The van der Waals surface area contributed by atoms with Crippen molar-refractivity contribution in [3.63, 3.8) is 0 Å². The summed E-state index contributed by atoms with van der Waals surface area (Å²) in [5.74, 6) is -0.761. The topological polar surface area (TPSA) is 53.4 Å². The van der Waals surface area contributed by atoms with Gasteiger partial charge in [0.05, 0.1) is 17.2 Å². The van der Waals surface area contributed by atoms with Gasteiger partial charge in [0.2, 0.25) is 0 Å². The molecule has 0 unspecified atom stereocenters. The maximum absolute atomic E-state index is 10.8. The van der Waals surface area contributed by atoms with E-state index in [0.29, 0.717) is 6.54 Å². The molecule has 0 bridgehead atoms. The molecule has 0 atom stereocenters. The van der Waals surface area contributed by atoms with E-state index >= 15 is 0 Å². The van der Waals surface area contributed by atoms with Crippen molar-refractivity contribution < 1.29 is 9.90 Å². The summed E-state index contributed by atoms with van der Waals surface area (Å²) < 4.78 is 0. The maximum Gasteiger partial charge on any atom is 0.317 e. The largest absolute Gasteiger partial charge is 0.480 e. The van der Waals surface area contributed by atoms with Gasteiger partial charge in [-0.15, -0.1) is 11.3 Å². The molecule has 1 aromatic heterocycles. The maximum atomic E-state index is 10.8. The monoisotopic (exact) mass is 316 g/mol. The Morgan fingerprint density at radius 2 is 2.23 bits per heavy atom. The zero-order valence-electron chi connectivity index (χ0n) is 12.9. The Bertz CT molecular complexity index is 709. The van der Waals surface area contributed by atoms with Gasteiger partial charge >= 0.3 is 5.97 Å². The fourth-order valence-electron chi connectivity index (χ4n) is 2.86. The molecular weight excluding hydrogens is 296 g/mol. The van der Waals surface area contributed by atoms with Gasteiger partial charge in [-0.3, -0.25) is 9.69 Å². The molecule has 2 heterocycles. The van der Waals surface area contributed by atoms with Crippen LogP contribution in [-0.2, 0) is 24.2 Å². The third kappa shape index (κ3) is 3.36. The fraction of sp³-hybridized carbons (Fsp3) is 0.412. The summed E-state index contributed by atoms with van der Waals surface area (Å²) >= 11 is 1.73. The molecule has 2 aromatic rings. The van der Waals surface area contributed by atoms with Crippen molar-refractivity contribution in [1.29, 1.82) is 0 Å². The minimum absolute atomic E-state index is 0.115. The number of rotatable bonds is 4. The fourth-order valence-corrected chi connectivity index (χ4v) is 4.04. The molecule has 22 heavy (non-hydrogen) atoms. The van der Waals surface area contributed by atoms with Gasteiger partial charge in [-0.2, -0.15) is 0 Å². The molecule has 1 aromatic carbocycles. The first-order chi connectivity index (χ1) is 10.5. The molecule has 0 radical (unpaired) electrons. The van der Waals surface area contributed by atoms with Crippen LogP contribution in [0, 0.1) is 13.8 Å². The number of carboxylic acid groups (broad SMARTS) is 1. The molecule has 0 saturated heterocycles. The van der Waals surface area contributed by atoms with Crippen LogP contribution < -0.4 is 0 Å². The highest BCUT2D eigenvalue weighted by Crippen LogP contribution is 2.27. The summed E-state index contributed by atoms with van der Waals surface area (Å²) in [6.45, 7) is 5.86. The van der Waals surface area contributed by atoms with Crippen molar-refractivity contribution in [1.82, 2.24) is 9.88 Å². The first kappa shape index (κ1) is 15.2. The van der Waals surface area contributed by atoms with Crippen LogP contribution >= 0.6 is 11.3 Å². The van der Waals surface area contributed by atoms with Gasteiger partial charge < -0.3 is 5.11 Å². The van der Waals surface area contributed by atoms with Gasteiger partial charge in [-0.1, -0.05) is 23.8 Å². The van der Waals surface area contributed by atoms with Gasteiger partial charge in [-0.05, 0) is 25.0 Å². The Kier molecular flexibility index (Phi) is 4.27. The Hall–Kier alpha value is -1.72. The minimum Gasteiger partial charge on any atom is -0.480 e. The van der Waals surface area contributed by atoms with E-state index in [1.807, 2.05) is 4.90 Å². The van der Waals surface area contributed by atoms with Gasteiger partial charge in [0.15, 0.2) is 0 Å². The molecule has 0 aliphatic carbocycles. The molecule has 3 rings (SSSR count). The lowest BCUT2D eigenvalue weighted by Crippen LogP contribution is -2.34. The van der Waals surface area contributed by atoms with Crippen LogP contribution in [0.2, 0.25) is 0 Å². The number of carbonyl (C=O) groups is 1. The number of aliphatic carboxylic acids is 1. The number of carboxylic acids is 1. The molecule has 0 spiro atoms. The molecule has 1 aliphatic heterocycles. The van der Waals surface area contributed by atoms with Crippen LogP contribution in [-0.4, -0.2) is 34.0 Å². The van der Waals surface area contributed by atoms with Gasteiger partial charge in [0.25, 0.3) is 0 Å². The Morgan fingerprint density at radius 1 is 1.41 bits per heavy atom. The second-order valence-electron chi connectivity index (χ2n) is 5.94. The second kappa shape index (κ2) is 6.18. The molecule has 4 nitrogen and oxygen atoms in total. The molecule has 0 saturated carbocycles. The Morgan fingerprint density at radius 3 is 3.00 bits per heavy atom. The normalized spacial score (nSPS) is 14.8. The van der Waals surface area contributed by atoms with Crippen LogP contribution in [0.5, 0.6) is 0 Å². The summed E-state index contributed by atoms with van der Waals surface area (Å²) in [7, 11) is 0. The lowest BCUT2D eigenvalue weighted by atomic mass is 10.0. The number of thiazole rings is 1. The molecule has 1 aliphatic rings. The van der Waals surface area contributed by atoms with E-state index in [1.54, 1.807) is 11.3 Å². The van der Waals surface area contributed by atoms with Crippen molar-refractivity contribution in [2.75, 3.05) is 13.1 Å². The van der Waals surface area contributed by atoms with Crippen molar-refractivity contribution >= 4 is 17.3 Å². The number of aromatic nitrogens is 1. The number of aryl methyl sites for hydroxylation is 2. The van der Waals surface area contributed by atoms with Crippen LogP contribution in [0.1, 0.15) is 32.3 Å². The average Bonchev–Trinajstić information content (AvgIpc) is 2.84. The Balaban J connectivity index is 1.76. The van der Waals surface area contributed by atoms with E-state index < -0.39 is 5.97 Å². The zero-order valence-corrected chi connectivity index (χ0v) is 13.7. The smallest absolute Gasteiger partial charge is 0.317 e. The van der Waals surface area contributed by atoms with E-state index in [1.165, 1.54) is 21.6 Å². The zero-order chi connectivity index (χ0) is 15.7. The highest BCUT2D eigenvalue weighted by molar-refractivity contribution is 7.11. The van der Waals surface area contributed by atoms with E-state index in [0.717, 1.165) is 30.1 Å². The number of benzene rings is 1. The summed E-state index contributed by atoms with van der Waals surface area (Å²) in [5, 5.41) is 10.1. The van der Waals surface area contributed by atoms with Crippen LogP contribution in [0.25, 0.3) is 0 Å². The highest BCUT2D eigenvalue weighted by Gasteiger charge is 2.22. The third-order valence-electron chi connectivity index (χ3n) is 4.06. The molecule has 0 amide bonds. The van der Waals surface area contributed by atoms with E-state index in [-0.39, 0.29) is 6.54 Å². The standard InChI is InChI=1S/C17H20N2O2S/c1-11-3-4-12(2)13(7-11)8-16-18-14-5-6-19(10-17(20)21)9-15(14)22-16/h3-4,7H,5-6,8-10H2,1-2H3,(H,20,21). The Labute approximate surface area is 134 Å². The average molecular weight is 316 g/mol. The van der Waals surface area contributed by atoms with Crippen LogP contribution in [0.3, 0.4) is 0 Å².